The summed E-state index contributed by atoms with van der Waals surface area (Å²) in [7, 11) is 2.05. The van der Waals surface area contributed by atoms with Gasteiger partial charge in [0.1, 0.15) is 11.8 Å². The number of furan rings is 1. The molecule has 0 radical (unpaired) electrons. The second-order valence-electron chi connectivity index (χ2n) is 6.28. The highest BCUT2D eigenvalue weighted by atomic mass is 16.4. The van der Waals surface area contributed by atoms with Gasteiger partial charge in [0.05, 0.1) is 0 Å². The zero-order chi connectivity index (χ0) is 17.0. The molecule has 2 heterocycles. The summed E-state index contributed by atoms with van der Waals surface area (Å²) in [6.07, 6.45) is 3.50. The highest BCUT2D eigenvalue weighted by Crippen LogP contribution is 2.23. The minimum atomic E-state index is -0.946. The first-order valence-corrected chi connectivity index (χ1v) is 8.25. The number of carboxylic acids is 1. The number of hydrogen-bond acceptors (Lipinski definition) is 4. The maximum Gasteiger partial charge on any atom is 0.326 e. The number of unbranched alkanes of at least 4 members (excludes halogenated alkanes) is 1. The summed E-state index contributed by atoms with van der Waals surface area (Å²) in [6, 6.07) is 1.03. The summed E-state index contributed by atoms with van der Waals surface area (Å²) in [6.45, 7) is 6.20. The molecule has 0 spiro atoms. The van der Waals surface area contributed by atoms with Crippen molar-refractivity contribution in [3.8, 4) is 0 Å². The molecule has 6 heteroatoms. The van der Waals surface area contributed by atoms with Crippen LogP contribution >= 0.6 is 0 Å². The Morgan fingerprint density at radius 1 is 1.48 bits per heavy atom. The van der Waals surface area contributed by atoms with Crippen molar-refractivity contribution >= 4 is 11.9 Å². The number of carbonyl (C=O) groups excluding carboxylic acids is 1. The highest BCUT2D eigenvalue weighted by Gasteiger charge is 2.35. The molecule has 1 amide bonds. The molecule has 1 N–H and O–H groups in total. The molecule has 1 aromatic heterocycles. The van der Waals surface area contributed by atoms with Gasteiger partial charge in [-0.1, -0.05) is 13.3 Å². The summed E-state index contributed by atoms with van der Waals surface area (Å²) < 4.78 is 5.61. The fourth-order valence-electron chi connectivity index (χ4n) is 2.99. The number of carboxylic acid groups (broad SMARTS) is 1. The number of aliphatic carboxylic acids is 1. The number of hydrogen-bond donors (Lipinski definition) is 1. The number of likely N-dealkylation sites (tertiary alicyclic amines) is 1. The Kier molecular flexibility index (Phi) is 5.82. The molecule has 1 saturated heterocycles. The monoisotopic (exact) mass is 322 g/mol. The lowest BCUT2D eigenvalue weighted by Crippen LogP contribution is -2.40. The third-order valence-electron chi connectivity index (χ3n) is 4.36. The van der Waals surface area contributed by atoms with E-state index in [0.717, 1.165) is 43.7 Å². The van der Waals surface area contributed by atoms with Gasteiger partial charge in [0, 0.05) is 18.7 Å². The van der Waals surface area contributed by atoms with Crippen LogP contribution in [0.5, 0.6) is 0 Å². The summed E-state index contributed by atoms with van der Waals surface area (Å²) in [4.78, 5) is 27.4. The van der Waals surface area contributed by atoms with Gasteiger partial charge in [0.15, 0.2) is 5.76 Å². The van der Waals surface area contributed by atoms with Crippen molar-refractivity contribution in [1.82, 2.24) is 9.80 Å². The summed E-state index contributed by atoms with van der Waals surface area (Å²) in [5.41, 5.74) is 0.984. The standard InChI is InChI=1S/C17H26N2O4/c1-4-5-8-18(3)11-13-10-15(23-12(13)2)16(20)19-9-6-7-14(19)17(21)22/h10,14H,4-9,11H2,1-3H3,(H,21,22). The lowest BCUT2D eigenvalue weighted by molar-refractivity contribution is -0.141. The van der Waals surface area contributed by atoms with Crippen LogP contribution in [0.1, 0.15) is 54.5 Å². The maximum absolute atomic E-state index is 12.5. The zero-order valence-corrected chi connectivity index (χ0v) is 14.2. The van der Waals surface area contributed by atoms with Crippen molar-refractivity contribution in [1.29, 1.82) is 0 Å². The summed E-state index contributed by atoms with van der Waals surface area (Å²) >= 11 is 0. The molecule has 0 bridgehead atoms. The Bertz CT molecular complexity index is 567. The second-order valence-corrected chi connectivity index (χ2v) is 6.28. The predicted molar refractivity (Wildman–Crippen MR) is 86.4 cm³/mol. The van der Waals surface area contributed by atoms with Crippen molar-refractivity contribution in [3.63, 3.8) is 0 Å². The Hall–Kier alpha value is -1.82. The molecule has 1 unspecified atom stereocenters. The first-order valence-electron chi connectivity index (χ1n) is 8.25. The van der Waals surface area contributed by atoms with Gasteiger partial charge < -0.3 is 19.3 Å². The first-order chi connectivity index (χ1) is 10.9. The van der Waals surface area contributed by atoms with Crippen LogP contribution in [-0.4, -0.2) is 53.0 Å². The number of nitrogens with zero attached hydrogens (tertiary/aromatic N) is 2. The first kappa shape index (κ1) is 17.5. The van der Waals surface area contributed by atoms with Gasteiger partial charge in [-0.2, -0.15) is 0 Å². The Balaban J connectivity index is 2.07. The van der Waals surface area contributed by atoms with Crippen LogP contribution in [0.25, 0.3) is 0 Å². The lowest BCUT2D eigenvalue weighted by atomic mass is 10.2. The van der Waals surface area contributed by atoms with Crippen LogP contribution in [-0.2, 0) is 11.3 Å². The molecule has 1 aliphatic heterocycles. The van der Waals surface area contributed by atoms with E-state index in [2.05, 4.69) is 11.8 Å². The average molecular weight is 322 g/mol. The van der Waals surface area contributed by atoms with E-state index in [4.69, 9.17) is 4.42 Å². The van der Waals surface area contributed by atoms with E-state index in [1.54, 1.807) is 6.07 Å². The fourth-order valence-corrected chi connectivity index (χ4v) is 2.99. The largest absolute Gasteiger partial charge is 0.480 e. The predicted octanol–water partition coefficient (Wildman–Crippen LogP) is 2.51. The number of carbonyl (C=O) groups is 2. The van der Waals surface area contributed by atoms with Crippen LogP contribution in [0.15, 0.2) is 10.5 Å². The van der Waals surface area contributed by atoms with E-state index < -0.39 is 12.0 Å². The molecule has 1 aliphatic rings. The van der Waals surface area contributed by atoms with Crippen LogP contribution in [0.3, 0.4) is 0 Å². The van der Waals surface area contributed by atoms with E-state index in [1.165, 1.54) is 4.90 Å². The quantitative estimate of drug-likeness (QED) is 0.835. The van der Waals surface area contributed by atoms with Gasteiger partial charge in [-0.15, -0.1) is 0 Å². The maximum atomic E-state index is 12.5. The van der Waals surface area contributed by atoms with Gasteiger partial charge in [-0.25, -0.2) is 4.79 Å². The normalized spacial score (nSPS) is 17.9. The molecule has 0 aliphatic carbocycles. The van der Waals surface area contributed by atoms with Crippen molar-refractivity contribution in [2.45, 2.75) is 52.1 Å². The van der Waals surface area contributed by atoms with Crippen molar-refractivity contribution in [2.75, 3.05) is 20.1 Å². The molecule has 128 valence electrons. The molecule has 1 fully saturated rings. The van der Waals surface area contributed by atoms with E-state index >= 15 is 0 Å². The molecule has 6 nitrogen and oxygen atoms in total. The van der Waals surface area contributed by atoms with E-state index in [-0.39, 0.29) is 11.7 Å². The van der Waals surface area contributed by atoms with Gasteiger partial charge >= 0.3 is 5.97 Å². The van der Waals surface area contributed by atoms with Gasteiger partial charge in [-0.05, 0) is 45.8 Å². The van der Waals surface area contributed by atoms with Crippen molar-refractivity contribution in [3.05, 3.63) is 23.2 Å². The van der Waals surface area contributed by atoms with Crippen LogP contribution in [0.4, 0.5) is 0 Å². The number of rotatable bonds is 7. The second kappa shape index (κ2) is 7.64. The molecule has 1 aromatic rings. The molecule has 0 saturated carbocycles. The number of amides is 1. The molecular weight excluding hydrogens is 296 g/mol. The Morgan fingerprint density at radius 3 is 2.87 bits per heavy atom. The SMILES string of the molecule is CCCCN(C)Cc1cc(C(=O)N2CCCC2C(=O)O)oc1C. The molecule has 2 rings (SSSR count). The molecule has 23 heavy (non-hydrogen) atoms. The fraction of sp³-hybridized carbons (Fsp3) is 0.647. The minimum absolute atomic E-state index is 0.245. The molecule has 0 aromatic carbocycles. The Labute approximate surface area is 137 Å². The van der Waals surface area contributed by atoms with Crippen molar-refractivity contribution < 1.29 is 19.1 Å². The third kappa shape index (κ3) is 4.13. The summed E-state index contributed by atoms with van der Waals surface area (Å²) in [5, 5.41) is 9.21. The van der Waals surface area contributed by atoms with Crippen LogP contribution in [0.2, 0.25) is 0 Å². The molecule has 1 atom stereocenters. The van der Waals surface area contributed by atoms with Crippen LogP contribution in [0, 0.1) is 6.92 Å². The molecular formula is C17H26N2O4. The Morgan fingerprint density at radius 2 is 2.22 bits per heavy atom. The van der Waals surface area contributed by atoms with Crippen LogP contribution < -0.4 is 0 Å². The number of aryl methyl sites for hydroxylation is 1. The smallest absolute Gasteiger partial charge is 0.326 e. The zero-order valence-electron chi connectivity index (χ0n) is 14.2. The van der Waals surface area contributed by atoms with E-state index in [1.807, 2.05) is 14.0 Å². The van der Waals surface area contributed by atoms with Crippen molar-refractivity contribution in [2.24, 2.45) is 0 Å². The highest BCUT2D eigenvalue weighted by molar-refractivity contribution is 5.95. The van der Waals surface area contributed by atoms with E-state index in [9.17, 15) is 14.7 Å². The van der Waals surface area contributed by atoms with Gasteiger partial charge in [-0.3, -0.25) is 4.79 Å². The van der Waals surface area contributed by atoms with Gasteiger partial charge in [0.2, 0.25) is 0 Å². The summed E-state index contributed by atoms with van der Waals surface area (Å²) in [5.74, 6) is -0.295. The average Bonchev–Trinajstić information content (AvgIpc) is 3.12. The van der Waals surface area contributed by atoms with E-state index in [0.29, 0.717) is 13.0 Å². The minimum Gasteiger partial charge on any atom is -0.480 e. The third-order valence-corrected chi connectivity index (χ3v) is 4.36. The lowest BCUT2D eigenvalue weighted by Gasteiger charge is -2.19. The van der Waals surface area contributed by atoms with Gasteiger partial charge in [0.25, 0.3) is 5.91 Å². The topological polar surface area (TPSA) is 74.0 Å².